The van der Waals surface area contributed by atoms with E-state index in [1.165, 1.54) is 42.0 Å². The van der Waals surface area contributed by atoms with Crippen LogP contribution in [-0.4, -0.2) is 24.2 Å². The Morgan fingerprint density at radius 3 is 2.72 bits per heavy atom. The van der Waals surface area contributed by atoms with Crippen LogP contribution in [0.1, 0.15) is 47.7 Å². The molecule has 0 radical (unpaired) electrons. The predicted molar refractivity (Wildman–Crippen MR) is 76.1 cm³/mol. The first kappa shape index (κ1) is 14.0. The van der Waals surface area contributed by atoms with Crippen molar-refractivity contribution in [2.75, 3.05) is 13.2 Å². The van der Waals surface area contributed by atoms with Crippen molar-refractivity contribution in [2.45, 2.75) is 58.6 Å². The third-order valence-corrected chi connectivity index (χ3v) is 4.61. The smallest absolute Gasteiger partial charge is 0.107 e. The van der Waals surface area contributed by atoms with Gasteiger partial charge in [-0.3, -0.25) is 0 Å². The van der Waals surface area contributed by atoms with Crippen molar-refractivity contribution in [3.63, 3.8) is 0 Å². The summed E-state index contributed by atoms with van der Waals surface area (Å²) in [5, 5.41) is 4.59. The van der Waals surface area contributed by atoms with Crippen molar-refractivity contribution < 1.29 is 4.74 Å². The van der Waals surface area contributed by atoms with Crippen molar-refractivity contribution in [1.29, 1.82) is 0 Å². The number of nitrogens with zero attached hydrogens (tertiary/aromatic N) is 1. The molecule has 0 saturated heterocycles. The normalized spacial score (nSPS) is 17.2. The molecular weight excluding hydrogens is 244 g/mol. The van der Waals surface area contributed by atoms with E-state index in [1.54, 1.807) is 11.3 Å². The minimum atomic E-state index is 0.518. The Hall–Kier alpha value is -0.450. The van der Waals surface area contributed by atoms with E-state index in [1.807, 2.05) is 0 Å². The molecule has 1 saturated carbocycles. The molecule has 102 valence electrons. The van der Waals surface area contributed by atoms with Gasteiger partial charge >= 0.3 is 0 Å². The maximum atomic E-state index is 5.87. The Bertz CT molecular complexity index is 339. The fourth-order valence-electron chi connectivity index (χ4n) is 2.34. The largest absolute Gasteiger partial charge is 0.377 e. The zero-order valence-electron chi connectivity index (χ0n) is 11.5. The van der Waals surface area contributed by atoms with E-state index in [4.69, 9.17) is 4.74 Å². The molecular formula is C14H24N2OS. The highest BCUT2D eigenvalue weighted by Crippen LogP contribution is 2.20. The van der Waals surface area contributed by atoms with Gasteiger partial charge in [-0.1, -0.05) is 19.3 Å². The second kappa shape index (κ2) is 7.22. The second-order valence-corrected chi connectivity index (χ2v) is 6.34. The lowest BCUT2D eigenvalue weighted by atomic mass is 9.98. The third kappa shape index (κ3) is 4.34. The van der Waals surface area contributed by atoms with Crippen molar-refractivity contribution in [3.05, 3.63) is 15.6 Å². The Morgan fingerprint density at radius 1 is 1.28 bits per heavy atom. The summed E-state index contributed by atoms with van der Waals surface area (Å²) >= 11 is 1.79. The van der Waals surface area contributed by atoms with E-state index in [9.17, 15) is 0 Å². The van der Waals surface area contributed by atoms with Crippen LogP contribution in [0.2, 0.25) is 0 Å². The molecule has 1 fully saturated rings. The maximum absolute atomic E-state index is 5.87. The van der Waals surface area contributed by atoms with Crippen LogP contribution in [0.25, 0.3) is 0 Å². The summed E-state index contributed by atoms with van der Waals surface area (Å²) in [6, 6.07) is 0. The zero-order valence-corrected chi connectivity index (χ0v) is 12.3. The monoisotopic (exact) mass is 268 g/mol. The van der Waals surface area contributed by atoms with Crippen LogP contribution in [0.4, 0.5) is 0 Å². The Kier molecular flexibility index (Phi) is 5.60. The van der Waals surface area contributed by atoms with Gasteiger partial charge < -0.3 is 10.1 Å². The summed E-state index contributed by atoms with van der Waals surface area (Å²) in [6.07, 6.45) is 7.10. The summed E-state index contributed by atoms with van der Waals surface area (Å²) in [4.78, 5) is 5.84. The Labute approximate surface area is 114 Å². The van der Waals surface area contributed by atoms with Crippen molar-refractivity contribution in [1.82, 2.24) is 10.3 Å². The number of aryl methyl sites for hydroxylation is 2. The summed E-state index contributed by atoms with van der Waals surface area (Å²) in [5.74, 6) is 0. The first-order valence-corrected chi connectivity index (χ1v) is 7.82. The van der Waals surface area contributed by atoms with Gasteiger partial charge in [0.1, 0.15) is 5.01 Å². The SMILES string of the molecule is Cc1nc(CNCCOC2CCCCC2)sc1C. The van der Waals surface area contributed by atoms with Gasteiger partial charge in [0.05, 0.1) is 18.4 Å². The molecule has 1 heterocycles. The molecule has 0 aliphatic heterocycles. The van der Waals surface area contributed by atoms with Crippen molar-refractivity contribution in [2.24, 2.45) is 0 Å². The van der Waals surface area contributed by atoms with E-state index in [0.717, 1.165) is 25.4 Å². The molecule has 4 heteroatoms. The van der Waals surface area contributed by atoms with Crippen LogP contribution in [0.15, 0.2) is 0 Å². The van der Waals surface area contributed by atoms with E-state index in [-0.39, 0.29) is 0 Å². The molecule has 0 unspecified atom stereocenters. The lowest BCUT2D eigenvalue weighted by Gasteiger charge is -2.21. The predicted octanol–water partition coefficient (Wildman–Crippen LogP) is 3.20. The second-order valence-electron chi connectivity index (χ2n) is 5.06. The molecule has 18 heavy (non-hydrogen) atoms. The minimum Gasteiger partial charge on any atom is -0.377 e. The number of nitrogens with one attached hydrogen (secondary N) is 1. The zero-order chi connectivity index (χ0) is 12.8. The van der Waals surface area contributed by atoms with Gasteiger partial charge in [-0.15, -0.1) is 11.3 Å². The molecule has 0 bridgehead atoms. The minimum absolute atomic E-state index is 0.518. The molecule has 0 spiro atoms. The number of thiazole rings is 1. The topological polar surface area (TPSA) is 34.2 Å². The highest BCUT2D eigenvalue weighted by atomic mass is 32.1. The first-order valence-electron chi connectivity index (χ1n) is 7.01. The number of rotatable bonds is 6. The van der Waals surface area contributed by atoms with Crippen LogP contribution < -0.4 is 5.32 Å². The standard InChI is InChI=1S/C14H24N2OS/c1-11-12(2)18-14(16-11)10-15-8-9-17-13-6-4-3-5-7-13/h13,15H,3-10H2,1-2H3. The number of aromatic nitrogens is 1. The summed E-state index contributed by atoms with van der Waals surface area (Å²) in [7, 11) is 0. The molecule has 1 aromatic heterocycles. The van der Waals surface area contributed by atoms with Gasteiger partial charge in [-0.25, -0.2) is 4.98 Å². The summed E-state index contributed by atoms with van der Waals surface area (Å²) in [6.45, 7) is 6.82. The Balaban J connectivity index is 1.55. The van der Waals surface area contributed by atoms with Crippen molar-refractivity contribution >= 4 is 11.3 Å². The van der Waals surface area contributed by atoms with E-state index < -0.39 is 0 Å². The number of hydrogen-bond acceptors (Lipinski definition) is 4. The molecule has 1 aromatic rings. The molecule has 0 atom stereocenters. The van der Waals surface area contributed by atoms with E-state index >= 15 is 0 Å². The van der Waals surface area contributed by atoms with Gasteiger partial charge in [0.2, 0.25) is 0 Å². The van der Waals surface area contributed by atoms with Crippen LogP contribution in [0, 0.1) is 13.8 Å². The van der Waals surface area contributed by atoms with Crippen LogP contribution in [0.3, 0.4) is 0 Å². The third-order valence-electron chi connectivity index (χ3n) is 3.53. The quantitative estimate of drug-likeness (QED) is 0.805. The highest BCUT2D eigenvalue weighted by molar-refractivity contribution is 7.11. The molecule has 1 aliphatic carbocycles. The van der Waals surface area contributed by atoms with Gasteiger partial charge in [0, 0.05) is 18.0 Å². The fourth-order valence-corrected chi connectivity index (χ4v) is 3.24. The Morgan fingerprint density at radius 2 is 2.06 bits per heavy atom. The number of hydrogen-bond donors (Lipinski definition) is 1. The van der Waals surface area contributed by atoms with Gasteiger partial charge in [0.25, 0.3) is 0 Å². The van der Waals surface area contributed by atoms with Crippen LogP contribution >= 0.6 is 11.3 Å². The maximum Gasteiger partial charge on any atom is 0.107 e. The van der Waals surface area contributed by atoms with Gasteiger partial charge in [0.15, 0.2) is 0 Å². The highest BCUT2D eigenvalue weighted by Gasteiger charge is 2.12. The number of ether oxygens (including phenoxy) is 1. The molecule has 1 aliphatic rings. The molecule has 0 amide bonds. The lowest BCUT2D eigenvalue weighted by Crippen LogP contribution is -2.24. The molecule has 1 N–H and O–H groups in total. The summed E-state index contributed by atoms with van der Waals surface area (Å²) < 4.78 is 5.87. The van der Waals surface area contributed by atoms with Crippen molar-refractivity contribution in [3.8, 4) is 0 Å². The lowest BCUT2D eigenvalue weighted by molar-refractivity contribution is 0.0302. The molecule has 0 aromatic carbocycles. The van der Waals surface area contributed by atoms with Crippen LogP contribution in [0.5, 0.6) is 0 Å². The van der Waals surface area contributed by atoms with E-state index in [2.05, 4.69) is 24.1 Å². The molecule has 2 rings (SSSR count). The average molecular weight is 268 g/mol. The average Bonchev–Trinajstić information content (AvgIpc) is 2.70. The first-order chi connectivity index (χ1) is 8.75. The van der Waals surface area contributed by atoms with E-state index in [0.29, 0.717) is 6.10 Å². The molecule has 3 nitrogen and oxygen atoms in total. The van der Waals surface area contributed by atoms with Gasteiger partial charge in [-0.05, 0) is 26.7 Å². The summed E-state index contributed by atoms with van der Waals surface area (Å²) in [5.41, 5.74) is 1.16. The fraction of sp³-hybridized carbons (Fsp3) is 0.786. The van der Waals surface area contributed by atoms with Crippen LogP contribution in [-0.2, 0) is 11.3 Å². The van der Waals surface area contributed by atoms with Gasteiger partial charge in [-0.2, -0.15) is 0 Å².